The molecule has 1 amide bonds. The van der Waals surface area contributed by atoms with Crippen LogP contribution in [0.1, 0.15) is 22.3 Å². The number of ether oxygens (including phenoxy) is 1. The first-order valence-corrected chi connectivity index (χ1v) is 11.7. The van der Waals surface area contributed by atoms with Crippen molar-refractivity contribution in [2.75, 3.05) is 23.3 Å². The molecule has 3 rings (SSSR count). The number of anilines is 2. The Hall–Kier alpha value is -3.32. The molecule has 168 valence electrons. The average molecular weight is 453 g/mol. The zero-order valence-corrected chi connectivity index (χ0v) is 19.8. The zero-order chi connectivity index (χ0) is 23.5. The second kappa shape index (κ2) is 9.44. The fourth-order valence-corrected chi connectivity index (χ4v) is 5.00. The standard InChI is InChI=1S/C25H28N2O4S/c1-17-9-12-21(13-10-17)27(16-25(28)26-22-8-6-7-19(3)20(22)4)32(29,30)24-15-18(2)11-14-23(24)31-5/h6-15H,16H2,1-5H3,(H,26,28). The van der Waals surface area contributed by atoms with Crippen molar-refractivity contribution >= 4 is 27.3 Å². The van der Waals surface area contributed by atoms with Crippen molar-refractivity contribution in [2.24, 2.45) is 0 Å². The van der Waals surface area contributed by atoms with E-state index in [0.717, 1.165) is 26.6 Å². The molecule has 0 aromatic heterocycles. The molecule has 3 aromatic rings. The van der Waals surface area contributed by atoms with Gasteiger partial charge in [0, 0.05) is 5.69 Å². The predicted molar refractivity (Wildman–Crippen MR) is 128 cm³/mol. The maximum Gasteiger partial charge on any atom is 0.268 e. The fraction of sp³-hybridized carbons (Fsp3) is 0.240. The van der Waals surface area contributed by atoms with E-state index in [1.54, 1.807) is 36.4 Å². The smallest absolute Gasteiger partial charge is 0.268 e. The van der Waals surface area contributed by atoms with E-state index in [2.05, 4.69) is 5.32 Å². The van der Waals surface area contributed by atoms with Gasteiger partial charge in [-0.3, -0.25) is 9.10 Å². The molecule has 0 fully saturated rings. The van der Waals surface area contributed by atoms with Gasteiger partial charge in [-0.25, -0.2) is 8.42 Å². The van der Waals surface area contributed by atoms with Gasteiger partial charge in [0.05, 0.1) is 12.8 Å². The number of aryl methyl sites for hydroxylation is 3. The number of rotatable bonds is 7. The first kappa shape index (κ1) is 23.3. The van der Waals surface area contributed by atoms with Crippen LogP contribution in [0.2, 0.25) is 0 Å². The second-order valence-corrected chi connectivity index (χ2v) is 9.63. The van der Waals surface area contributed by atoms with E-state index in [1.807, 2.05) is 52.0 Å². The van der Waals surface area contributed by atoms with Gasteiger partial charge in [-0.2, -0.15) is 0 Å². The summed E-state index contributed by atoms with van der Waals surface area (Å²) >= 11 is 0. The lowest BCUT2D eigenvalue weighted by molar-refractivity contribution is -0.114. The van der Waals surface area contributed by atoms with Crippen molar-refractivity contribution in [1.82, 2.24) is 0 Å². The van der Waals surface area contributed by atoms with Crippen LogP contribution in [0, 0.1) is 27.7 Å². The summed E-state index contributed by atoms with van der Waals surface area (Å²) in [7, 11) is -2.67. The molecule has 0 unspecified atom stereocenters. The van der Waals surface area contributed by atoms with Crippen LogP contribution in [0.15, 0.2) is 65.6 Å². The van der Waals surface area contributed by atoms with E-state index in [1.165, 1.54) is 7.11 Å². The summed E-state index contributed by atoms with van der Waals surface area (Å²) < 4.78 is 33.9. The Morgan fingerprint density at radius 1 is 0.938 bits per heavy atom. The Morgan fingerprint density at radius 2 is 1.59 bits per heavy atom. The molecule has 0 bridgehead atoms. The molecule has 0 saturated carbocycles. The third-order valence-corrected chi connectivity index (χ3v) is 7.17. The number of sulfonamides is 1. The van der Waals surface area contributed by atoms with Crippen LogP contribution >= 0.6 is 0 Å². The van der Waals surface area contributed by atoms with Crippen LogP contribution in [-0.2, 0) is 14.8 Å². The van der Waals surface area contributed by atoms with Gasteiger partial charge in [0.15, 0.2) is 0 Å². The topological polar surface area (TPSA) is 75.7 Å². The highest BCUT2D eigenvalue weighted by molar-refractivity contribution is 7.93. The highest BCUT2D eigenvalue weighted by Gasteiger charge is 2.30. The Labute approximate surface area is 189 Å². The quantitative estimate of drug-likeness (QED) is 0.561. The molecule has 32 heavy (non-hydrogen) atoms. The van der Waals surface area contributed by atoms with Gasteiger partial charge in [-0.1, -0.05) is 35.9 Å². The van der Waals surface area contributed by atoms with Crippen molar-refractivity contribution in [2.45, 2.75) is 32.6 Å². The predicted octanol–water partition coefficient (Wildman–Crippen LogP) is 4.76. The van der Waals surface area contributed by atoms with Crippen molar-refractivity contribution in [3.05, 3.63) is 82.9 Å². The number of nitrogens with zero attached hydrogens (tertiary/aromatic N) is 1. The molecule has 0 aliphatic heterocycles. The maximum atomic E-state index is 13.7. The first-order chi connectivity index (χ1) is 15.1. The molecular formula is C25H28N2O4S. The number of benzene rings is 3. The van der Waals surface area contributed by atoms with Crippen molar-refractivity contribution in [3.8, 4) is 5.75 Å². The molecule has 0 saturated heterocycles. The Balaban J connectivity index is 2.03. The van der Waals surface area contributed by atoms with Crippen molar-refractivity contribution < 1.29 is 17.9 Å². The normalized spacial score (nSPS) is 11.2. The van der Waals surface area contributed by atoms with Crippen LogP contribution in [0.4, 0.5) is 11.4 Å². The summed E-state index contributed by atoms with van der Waals surface area (Å²) in [6.45, 7) is 7.21. The van der Waals surface area contributed by atoms with Gasteiger partial charge in [0.25, 0.3) is 10.0 Å². The van der Waals surface area contributed by atoms with Crippen LogP contribution in [0.3, 0.4) is 0 Å². The van der Waals surface area contributed by atoms with Crippen LogP contribution in [0.25, 0.3) is 0 Å². The van der Waals surface area contributed by atoms with Crippen molar-refractivity contribution in [1.29, 1.82) is 0 Å². The van der Waals surface area contributed by atoms with Crippen LogP contribution in [-0.4, -0.2) is 28.0 Å². The maximum absolute atomic E-state index is 13.7. The monoisotopic (exact) mass is 452 g/mol. The number of methoxy groups -OCH3 is 1. The van der Waals surface area contributed by atoms with Gasteiger partial charge in [0.2, 0.25) is 5.91 Å². The third kappa shape index (κ3) is 4.94. The molecule has 7 heteroatoms. The molecule has 1 N–H and O–H groups in total. The van der Waals surface area contributed by atoms with E-state index < -0.39 is 15.9 Å². The van der Waals surface area contributed by atoms with E-state index >= 15 is 0 Å². The zero-order valence-electron chi connectivity index (χ0n) is 19.0. The highest BCUT2D eigenvalue weighted by Crippen LogP contribution is 2.31. The lowest BCUT2D eigenvalue weighted by Crippen LogP contribution is -2.38. The van der Waals surface area contributed by atoms with E-state index in [0.29, 0.717) is 11.4 Å². The van der Waals surface area contributed by atoms with E-state index in [-0.39, 0.29) is 17.2 Å². The third-order valence-electron chi connectivity index (χ3n) is 5.38. The first-order valence-electron chi connectivity index (χ1n) is 10.2. The molecule has 3 aromatic carbocycles. The molecular weight excluding hydrogens is 424 g/mol. The summed E-state index contributed by atoms with van der Waals surface area (Å²) in [6.07, 6.45) is 0. The summed E-state index contributed by atoms with van der Waals surface area (Å²) in [4.78, 5) is 13.0. The number of hydrogen-bond donors (Lipinski definition) is 1. The van der Waals surface area contributed by atoms with Gasteiger partial charge < -0.3 is 10.1 Å². The minimum atomic E-state index is -4.09. The highest BCUT2D eigenvalue weighted by atomic mass is 32.2. The van der Waals surface area contributed by atoms with E-state index in [9.17, 15) is 13.2 Å². The molecule has 0 aliphatic rings. The number of hydrogen-bond acceptors (Lipinski definition) is 4. The second-order valence-electron chi connectivity index (χ2n) is 7.80. The number of carbonyl (C=O) groups excluding carboxylic acids is 1. The lowest BCUT2D eigenvalue weighted by Gasteiger charge is -2.25. The molecule has 0 aliphatic carbocycles. The Morgan fingerprint density at radius 3 is 2.25 bits per heavy atom. The van der Waals surface area contributed by atoms with Gasteiger partial charge in [0.1, 0.15) is 17.2 Å². The largest absolute Gasteiger partial charge is 0.495 e. The molecule has 0 radical (unpaired) electrons. The Bertz CT molecular complexity index is 1240. The molecule has 0 atom stereocenters. The van der Waals surface area contributed by atoms with E-state index in [4.69, 9.17) is 4.74 Å². The summed E-state index contributed by atoms with van der Waals surface area (Å²) in [5.74, 6) is -0.211. The molecule has 0 heterocycles. The number of carbonyl (C=O) groups is 1. The number of amides is 1. The minimum absolute atomic E-state index is 0.0140. The lowest BCUT2D eigenvalue weighted by atomic mass is 10.1. The summed E-state index contributed by atoms with van der Waals surface area (Å²) in [5.41, 5.74) is 4.79. The SMILES string of the molecule is COc1ccc(C)cc1S(=O)(=O)N(CC(=O)Nc1cccc(C)c1C)c1ccc(C)cc1. The number of nitrogens with one attached hydrogen (secondary N) is 1. The minimum Gasteiger partial charge on any atom is -0.495 e. The van der Waals surface area contributed by atoms with Gasteiger partial charge in [-0.15, -0.1) is 0 Å². The summed E-state index contributed by atoms with van der Waals surface area (Å²) in [6, 6.07) is 17.6. The van der Waals surface area contributed by atoms with Crippen LogP contribution in [0.5, 0.6) is 5.75 Å². The molecule has 0 spiro atoms. The van der Waals surface area contributed by atoms with Gasteiger partial charge >= 0.3 is 0 Å². The summed E-state index contributed by atoms with van der Waals surface area (Å²) in [5, 5.41) is 2.85. The average Bonchev–Trinajstić information content (AvgIpc) is 2.76. The Kier molecular flexibility index (Phi) is 6.89. The molecule has 6 nitrogen and oxygen atoms in total. The van der Waals surface area contributed by atoms with Gasteiger partial charge in [-0.05, 0) is 74.7 Å². The van der Waals surface area contributed by atoms with Crippen molar-refractivity contribution in [3.63, 3.8) is 0 Å². The van der Waals surface area contributed by atoms with Crippen LogP contribution < -0.4 is 14.4 Å². The fourth-order valence-electron chi connectivity index (χ4n) is 3.34.